The summed E-state index contributed by atoms with van der Waals surface area (Å²) in [5.74, 6) is -0.870. The lowest BCUT2D eigenvalue weighted by Gasteiger charge is -2.35. The van der Waals surface area contributed by atoms with Crippen LogP contribution in [0.25, 0.3) is 0 Å². The van der Waals surface area contributed by atoms with Crippen LogP contribution in [0.4, 0.5) is 10.5 Å². The molecule has 0 bridgehead atoms. The van der Waals surface area contributed by atoms with Gasteiger partial charge in [0, 0.05) is 18.7 Å². The third kappa shape index (κ3) is 12.8. The van der Waals surface area contributed by atoms with Gasteiger partial charge in [0.25, 0.3) is 5.91 Å². The number of amides is 4. The molecule has 2 atom stereocenters. The van der Waals surface area contributed by atoms with Crippen LogP contribution in [0, 0.1) is 13.8 Å². The molecule has 0 saturated heterocycles. The topological polar surface area (TPSA) is 140 Å². The Bertz CT molecular complexity index is 1270. The van der Waals surface area contributed by atoms with E-state index in [-0.39, 0.29) is 19.4 Å². The number of carbonyl (C=O) groups is 4. The first-order valence-electron chi connectivity index (χ1n) is 15.9. The summed E-state index contributed by atoms with van der Waals surface area (Å²) < 4.78 is 10.7. The van der Waals surface area contributed by atoms with Crippen molar-refractivity contribution in [1.29, 1.82) is 0 Å². The summed E-state index contributed by atoms with van der Waals surface area (Å²) in [5.41, 5.74) is 7.83. The van der Waals surface area contributed by atoms with Gasteiger partial charge in [-0.05, 0) is 88.4 Å². The Balaban J connectivity index is 2.56. The predicted molar refractivity (Wildman–Crippen MR) is 177 cm³/mol. The fourth-order valence-corrected chi connectivity index (χ4v) is 4.92. The number of nitrogens with one attached hydrogen (secondary N) is 2. The van der Waals surface area contributed by atoms with Crippen LogP contribution in [0.5, 0.6) is 5.75 Å². The summed E-state index contributed by atoms with van der Waals surface area (Å²) in [6, 6.07) is 10.5. The zero-order chi connectivity index (χ0) is 33.6. The number of unbranched alkanes of at least 4 members (excludes halogenated alkanes) is 5. The van der Waals surface area contributed by atoms with Gasteiger partial charge < -0.3 is 30.7 Å². The van der Waals surface area contributed by atoms with Gasteiger partial charge in [-0.25, -0.2) is 4.79 Å². The second kappa shape index (κ2) is 18.0. The average Bonchev–Trinajstić information content (AvgIpc) is 2.97. The molecule has 0 aliphatic carbocycles. The van der Waals surface area contributed by atoms with Gasteiger partial charge in [0.05, 0.1) is 7.11 Å². The van der Waals surface area contributed by atoms with Crippen molar-refractivity contribution in [2.24, 2.45) is 5.73 Å². The number of hydrogen-bond acceptors (Lipinski definition) is 6. The number of ether oxygens (including phenoxy) is 2. The van der Waals surface area contributed by atoms with Crippen molar-refractivity contribution in [3.05, 3.63) is 59.2 Å². The molecule has 4 amide bonds. The summed E-state index contributed by atoms with van der Waals surface area (Å²) in [6.45, 7) is 11.5. The van der Waals surface area contributed by atoms with Crippen LogP contribution in [-0.4, -0.2) is 54.0 Å². The molecule has 45 heavy (non-hydrogen) atoms. The standard InChI is InChI=1S/C35H52N4O6/c1-8-9-10-11-12-13-22-39(33(42)29(20-21-30(36)40)38-34(43)45-35(4,5)6)31(26-15-14-24(2)25(3)23-26)32(41)37-27-16-18-28(44-7)19-17-27/h14-19,23,29,31H,8-13,20-22H2,1-7H3,(H2,36,40)(H,37,41)(H,38,43). The number of alkyl carbamates (subject to hydrolysis) is 1. The third-order valence-corrected chi connectivity index (χ3v) is 7.47. The van der Waals surface area contributed by atoms with E-state index in [0.29, 0.717) is 23.4 Å². The van der Waals surface area contributed by atoms with Crippen molar-refractivity contribution in [2.75, 3.05) is 19.0 Å². The normalized spacial score (nSPS) is 12.5. The Morgan fingerprint density at radius 3 is 2.13 bits per heavy atom. The molecular formula is C35H52N4O6. The Labute approximate surface area is 268 Å². The van der Waals surface area contributed by atoms with Crippen LogP contribution in [-0.2, 0) is 19.1 Å². The number of aryl methyl sites for hydroxylation is 2. The molecule has 0 spiro atoms. The summed E-state index contributed by atoms with van der Waals surface area (Å²) in [5, 5.41) is 5.62. The average molecular weight is 625 g/mol. The minimum Gasteiger partial charge on any atom is -0.497 e. The minimum atomic E-state index is -1.14. The van der Waals surface area contributed by atoms with Gasteiger partial charge in [0.1, 0.15) is 23.4 Å². The number of nitrogens with two attached hydrogens (primary N) is 1. The molecule has 0 radical (unpaired) electrons. The van der Waals surface area contributed by atoms with E-state index < -0.39 is 41.5 Å². The Morgan fingerprint density at radius 1 is 0.911 bits per heavy atom. The highest BCUT2D eigenvalue weighted by Crippen LogP contribution is 2.28. The lowest BCUT2D eigenvalue weighted by atomic mass is 9.97. The summed E-state index contributed by atoms with van der Waals surface area (Å²) in [7, 11) is 1.56. The molecule has 0 aromatic heterocycles. The number of benzene rings is 2. The highest BCUT2D eigenvalue weighted by Gasteiger charge is 2.36. The van der Waals surface area contributed by atoms with E-state index in [1.807, 2.05) is 32.0 Å². The van der Waals surface area contributed by atoms with Crippen LogP contribution in [0.15, 0.2) is 42.5 Å². The maximum Gasteiger partial charge on any atom is 0.408 e. The largest absolute Gasteiger partial charge is 0.497 e. The molecule has 0 fully saturated rings. The van der Waals surface area contributed by atoms with Crippen molar-refractivity contribution >= 4 is 29.5 Å². The molecule has 10 nitrogen and oxygen atoms in total. The predicted octanol–water partition coefficient (Wildman–Crippen LogP) is 6.34. The summed E-state index contributed by atoms with van der Waals surface area (Å²) in [4.78, 5) is 54.7. The number of primary amides is 1. The van der Waals surface area contributed by atoms with E-state index in [2.05, 4.69) is 17.6 Å². The Morgan fingerprint density at radius 2 is 1.56 bits per heavy atom. The molecule has 2 unspecified atom stereocenters. The maximum absolute atomic E-state index is 14.4. The Kier molecular flexibility index (Phi) is 14.9. The first kappa shape index (κ1) is 37.1. The van der Waals surface area contributed by atoms with Gasteiger partial charge in [-0.15, -0.1) is 0 Å². The molecule has 0 saturated carbocycles. The van der Waals surface area contributed by atoms with Crippen LogP contribution < -0.4 is 21.1 Å². The summed E-state index contributed by atoms with van der Waals surface area (Å²) >= 11 is 0. The molecule has 2 aromatic carbocycles. The van der Waals surface area contributed by atoms with Gasteiger partial charge in [-0.1, -0.05) is 57.2 Å². The molecule has 0 aliphatic heterocycles. The van der Waals surface area contributed by atoms with E-state index in [1.54, 1.807) is 52.1 Å². The van der Waals surface area contributed by atoms with Gasteiger partial charge in [0.2, 0.25) is 11.8 Å². The molecule has 2 aromatic rings. The van der Waals surface area contributed by atoms with Gasteiger partial charge in [-0.3, -0.25) is 14.4 Å². The third-order valence-electron chi connectivity index (χ3n) is 7.47. The zero-order valence-corrected chi connectivity index (χ0v) is 28.0. The van der Waals surface area contributed by atoms with Crippen molar-refractivity contribution in [3.8, 4) is 5.75 Å². The SMILES string of the molecule is CCCCCCCCN(C(=O)C(CCC(N)=O)NC(=O)OC(C)(C)C)C(C(=O)Nc1ccc(OC)cc1)c1ccc(C)c(C)c1. The van der Waals surface area contributed by atoms with Gasteiger partial charge in [-0.2, -0.15) is 0 Å². The van der Waals surface area contributed by atoms with E-state index in [0.717, 1.165) is 43.2 Å². The summed E-state index contributed by atoms with van der Waals surface area (Å²) in [6.07, 6.45) is 4.89. The second-order valence-corrected chi connectivity index (χ2v) is 12.5. The van der Waals surface area contributed by atoms with E-state index in [1.165, 1.54) is 4.90 Å². The lowest BCUT2D eigenvalue weighted by Crippen LogP contribution is -2.52. The number of nitrogens with zero attached hydrogens (tertiary/aromatic N) is 1. The molecule has 0 aliphatic rings. The number of methoxy groups -OCH3 is 1. The van der Waals surface area contributed by atoms with Crippen LogP contribution in [0.1, 0.15) is 102 Å². The van der Waals surface area contributed by atoms with Crippen molar-refractivity contribution < 1.29 is 28.7 Å². The van der Waals surface area contributed by atoms with E-state index >= 15 is 0 Å². The monoisotopic (exact) mass is 624 g/mol. The number of anilines is 1. The highest BCUT2D eigenvalue weighted by atomic mass is 16.6. The van der Waals surface area contributed by atoms with Crippen LogP contribution >= 0.6 is 0 Å². The van der Waals surface area contributed by atoms with Crippen molar-refractivity contribution in [2.45, 2.75) is 111 Å². The minimum absolute atomic E-state index is 0.0415. The molecule has 0 heterocycles. The molecule has 10 heteroatoms. The smallest absolute Gasteiger partial charge is 0.408 e. The zero-order valence-electron chi connectivity index (χ0n) is 28.0. The number of hydrogen-bond donors (Lipinski definition) is 3. The lowest BCUT2D eigenvalue weighted by molar-refractivity contribution is -0.141. The molecule has 248 valence electrons. The second-order valence-electron chi connectivity index (χ2n) is 12.5. The fraction of sp³-hybridized carbons (Fsp3) is 0.543. The highest BCUT2D eigenvalue weighted by molar-refractivity contribution is 5.99. The van der Waals surface area contributed by atoms with Gasteiger partial charge >= 0.3 is 6.09 Å². The molecule has 2 rings (SSSR count). The first-order valence-corrected chi connectivity index (χ1v) is 15.9. The first-order chi connectivity index (χ1) is 21.2. The number of rotatable bonds is 17. The van der Waals surface area contributed by atoms with Gasteiger partial charge in [0.15, 0.2) is 0 Å². The van der Waals surface area contributed by atoms with Crippen LogP contribution in [0.3, 0.4) is 0 Å². The maximum atomic E-state index is 14.4. The van der Waals surface area contributed by atoms with Crippen LogP contribution in [0.2, 0.25) is 0 Å². The quantitative estimate of drug-likeness (QED) is 0.176. The Hall–Kier alpha value is -4.08. The fourth-order valence-electron chi connectivity index (χ4n) is 4.92. The van der Waals surface area contributed by atoms with E-state index in [9.17, 15) is 19.2 Å². The molecule has 4 N–H and O–H groups in total. The molecular weight excluding hydrogens is 572 g/mol. The van der Waals surface area contributed by atoms with Crippen molar-refractivity contribution in [3.63, 3.8) is 0 Å². The van der Waals surface area contributed by atoms with Crippen molar-refractivity contribution in [1.82, 2.24) is 10.2 Å². The number of carbonyl (C=O) groups excluding carboxylic acids is 4. The van der Waals surface area contributed by atoms with E-state index in [4.69, 9.17) is 15.2 Å².